The molecule has 0 bridgehead atoms. The first kappa shape index (κ1) is 12.5. The number of rotatable bonds is 3. The van der Waals surface area contributed by atoms with Crippen molar-refractivity contribution in [1.29, 1.82) is 0 Å². The fourth-order valence-corrected chi connectivity index (χ4v) is 2.15. The van der Waals surface area contributed by atoms with E-state index >= 15 is 0 Å². The predicted molar refractivity (Wildman–Crippen MR) is 58.8 cm³/mol. The first-order valence-electron chi connectivity index (χ1n) is 5.69. The molecule has 0 saturated carbocycles. The van der Waals surface area contributed by atoms with Crippen LogP contribution in [0.25, 0.3) is 0 Å². The maximum absolute atomic E-state index is 11.2. The second kappa shape index (κ2) is 4.52. The van der Waals surface area contributed by atoms with Gasteiger partial charge in [0, 0.05) is 0 Å². The number of carboxylic acids is 1. The lowest BCUT2D eigenvalue weighted by Gasteiger charge is -2.29. The van der Waals surface area contributed by atoms with E-state index in [1.54, 1.807) is 0 Å². The molecule has 0 aliphatic carbocycles. The molecule has 15 heavy (non-hydrogen) atoms. The molecule has 1 aliphatic heterocycles. The molecule has 1 fully saturated rings. The third kappa shape index (κ3) is 3.49. The van der Waals surface area contributed by atoms with Gasteiger partial charge in [-0.25, -0.2) is 0 Å². The molecular weight excluding hydrogens is 192 g/mol. The molecule has 3 heteroatoms. The highest BCUT2D eigenvalue weighted by molar-refractivity contribution is 5.70. The van der Waals surface area contributed by atoms with E-state index in [0.717, 1.165) is 12.8 Å². The summed E-state index contributed by atoms with van der Waals surface area (Å²) < 4.78 is 5.67. The summed E-state index contributed by atoms with van der Waals surface area (Å²) in [5, 5.41) is 9.18. The van der Waals surface area contributed by atoms with Crippen molar-refractivity contribution < 1.29 is 14.6 Å². The summed E-state index contributed by atoms with van der Waals surface area (Å²) in [5.41, 5.74) is -0.193. The molecule has 1 heterocycles. The van der Waals surface area contributed by atoms with E-state index in [2.05, 4.69) is 0 Å². The lowest BCUT2D eigenvalue weighted by molar-refractivity contribution is -0.147. The van der Waals surface area contributed by atoms with E-state index < -0.39 is 5.97 Å². The van der Waals surface area contributed by atoms with Gasteiger partial charge in [0.2, 0.25) is 0 Å². The van der Waals surface area contributed by atoms with Gasteiger partial charge < -0.3 is 9.84 Å². The van der Waals surface area contributed by atoms with Gasteiger partial charge in [0.15, 0.2) is 0 Å². The summed E-state index contributed by atoms with van der Waals surface area (Å²) >= 11 is 0. The minimum Gasteiger partial charge on any atom is -0.481 e. The molecule has 0 radical (unpaired) electrons. The first-order valence-corrected chi connectivity index (χ1v) is 5.69. The highest BCUT2D eigenvalue weighted by Crippen LogP contribution is 2.34. The van der Waals surface area contributed by atoms with Crippen molar-refractivity contribution >= 4 is 5.97 Å². The van der Waals surface area contributed by atoms with Crippen LogP contribution in [0.15, 0.2) is 0 Å². The van der Waals surface area contributed by atoms with E-state index in [9.17, 15) is 9.90 Å². The molecule has 0 aromatic carbocycles. The van der Waals surface area contributed by atoms with Crippen LogP contribution in [0.5, 0.6) is 0 Å². The quantitative estimate of drug-likeness (QED) is 0.785. The maximum Gasteiger partial charge on any atom is 0.307 e. The summed E-state index contributed by atoms with van der Waals surface area (Å²) in [6.07, 6.45) is 3.13. The molecule has 0 aromatic rings. The van der Waals surface area contributed by atoms with Gasteiger partial charge in [-0.2, -0.15) is 0 Å². The Labute approximate surface area is 91.8 Å². The van der Waals surface area contributed by atoms with E-state index in [-0.39, 0.29) is 17.4 Å². The Morgan fingerprint density at radius 1 is 1.47 bits per heavy atom. The molecule has 0 spiro atoms. The maximum atomic E-state index is 11.2. The monoisotopic (exact) mass is 214 g/mol. The summed E-state index contributed by atoms with van der Waals surface area (Å²) in [4.78, 5) is 11.2. The van der Waals surface area contributed by atoms with Crippen molar-refractivity contribution in [2.75, 3.05) is 0 Å². The van der Waals surface area contributed by atoms with E-state index in [1.807, 2.05) is 27.7 Å². The normalized spacial score (nSPS) is 29.1. The van der Waals surface area contributed by atoms with Gasteiger partial charge in [-0.05, 0) is 31.6 Å². The van der Waals surface area contributed by atoms with Crippen molar-refractivity contribution in [3.63, 3.8) is 0 Å². The van der Waals surface area contributed by atoms with Crippen molar-refractivity contribution in [2.45, 2.75) is 59.2 Å². The van der Waals surface area contributed by atoms with Crippen LogP contribution in [0.4, 0.5) is 0 Å². The van der Waals surface area contributed by atoms with Crippen molar-refractivity contribution in [3.05, 3.63) is 0 Å². The summed E-state index contributed by atoms with van der Waals surface area (Å²) in [6.45, 7) is 7.98. The second-order valence-electron chi connectivity index (χ2n) is 5.64. The average Bonchev–Trinajstić information content (AvgIpc) is 2.44. The first-order chi connectivity index (χ1) is 6.80. The van der Waals surface area contributed by atoms with Gasteiger partial charge in [0.1, 0.15) is 0 Å². The molecule has 0 amide bonds. The standard InChI is InChI=1S/C12H22O3/c1-8-5-6-9(15-8)7-10(11(13)14)12(2,3)4/h8-10H,5-7H2,1-4H3,(H,13,14). The van der Waals surface area contributed by atoms with E-state index in [0.29, 0.717) is 12.5 Å². The number of aliphatic carboxylic acids is 1. The van der Waals surface area contributed by atoms with Crippen molar-refractivity contribution in [3.8, 4) is 0 Å². The third-order valence-electron chi connectivity index (χ3n) is 3.16. The SMILES string of the molecule is CC1CCC(CC(C(=O)O)C(C)(C)C)O1. The van der Waals surface area contributed by atoms with Crippen LogP contribution in [0, 0.1) is 11.3 Å². The Hall–Kier alpha value is -0.570. The van der Waals surface area contributed by atoms with Crippen LogP contribution in [-0.2, 0) is 9.53 Å². The lowest BCUT2D eigenvalue weighted by Crippen LogP contribution is -2.32. The fourth-order valence-electron chi connectivity index (χ4n) is 2.15. The summed E-state index contributed by atoms with van der Waals surface area (Å²) in [6, 6.07) is 0. The smallest absolute Gasteiger partial charge is 0.307 e. The van der Waals surface area contributed by atoms with Crippen molar-refractivity contribution in [1.82, 2.24) is 0 Å². The van der Waals surface area contributed by atoms with Gasteiger partial charge in [0.05, 0.1) is 18.1 Å². The molecule has 88 valence electrons. The minimum absolute atomic E-state index is 0.139. The number of hydrogen-bond donors (Lipinski definition) is 1. The lowest BCUT2D eigenvalue weighted by atomic mass is 9.77. The molecule has 1 rings (SSSR count). The van der Waals surface area contributed by atoms with Gasteiger partial charge in [-0.1, -0.05) is 20.8 Å². The summed E-state index contributed by atoms with van der Waals surface area (Å²) in [7, 11) is 0. The third-order valence-corrected chi connectivity index (χ3v) is 3.16. The zero-order chi connectivity index (χ0) is 11.6. The van der Waals surface area contributed by atoms with Crippen LogP contribution in [-0.4, -0.2) is 23.3 Å². The van der Waals surface area contributed by atoms with E-state index in [1.165, 1.54) is 0 Å². The second-order valence-corrected chi connectivity index (χ2v) is 5.64. The molecular formula is C12H22O3. The van der Waals surface area contributed by atoms with Crippen LogP contribution in [0.3, 0.4) is 0 Å². The number of carbonyl (C=O) groups is 1. The predicted octanol–water partition coefficient (Wildman–Crippen LogP) is 2.69. The van der Waals surface area contributed by atoms with Gasteiger partial charge in [0.25, 0.3) is 0 Å². The minimum atomic E-state index is -0.703. The van der Waals surface area contributed by atoms with Crippen molar-refractivity contribution in [2.24, 2.45) is 11.3 Å². The number of ether oxygens (including phenoxy) is 1. The van der Waals surface area contributed by atoms with Crippen LogP contribution in [0.2, 0.25) is 0 Å². The molecule has 1 saturated heterocycles. The molecule has 0 aromatic heterocycles. The van der Waals surface area contributed by atoms with Gasteiger partial charge in [-0.3, -0.25) is 4.79 Å². The average molecular weight is 214 g/mol. The van der Waals surface area contributed by atoms with Gasteiger partial charge >= 0.3 is 5.97 Å². The topological polar surface area (TPSA) is 46.5 Å². The fraction of sp³-hybridized carbons (Fsp3) is 0.917. The Morgan fingerprint density at radius 2 is 2.07 bits per heavy atom. The van der Waals surface area contributed by atoms with Gasteiger partial charge in [-0.15, -0.1) is 0 Å². The summed E-state index contributed by atoms with van der Waals surface area (Å²) in [5.74, 6) is -1.02. The van der Waals surface area contributed by atoms with E-state index in [4.69, 9.17) is 4.74 Å². The largest absolute Gasteiger partial charge is 0.481 e. The Kier molecular flexibility index (Phi) is 3.77. The highest BCUT2D eigenvalue weighted by Gasteiger charge is 2.35. The number of carboxylic acid groups (broad SMARTS) is 1. The molecule has 3 unspecified atom stereocenters. The highest BCUT2D eigenvalue weighted by atomic mass is 16.5. The van der Waals surface area contributed by atoms with Crippen LogP contribution in [0.1, 0.15) is 47.0 Å². The Morgan fingerprint density at radius 3 is 2.40 bits per heavy atom. The zero-order valence-electron chi connectivity index (χ0n) is 10.1. The molecule has 1 aliphatic rings. The Bertz CT molecular complexity index is 230. The van der Waals surface area contributed by atoms with Crippen LogP contribution < -0.4 is 0 Å². The molecule has 3 atom stereocenters. The van der Waals surface area contributed by atoms with Crippen LogP contribution >= 0.6 is 0 Å². The Balaban J connectivity index is 2.56. The molecule has 3 nitrogen and oxygen atoms in total. The zero-order valence-corrected chi connectivity index (χ0v) is 10.1. The molecule has 1 N–H and O–H groups in total. The number of hydrogen-bond acceptors (Lipinski definition) is 2.